The Morgan fingerprint density at radius 2 is 1.71 bits per heavy atom. The van der Waals surface area contributed by atoms with E-state index in [4.69, 9.17) is 9.47 Å². The number of amides is 2. The van der Waals surface area contributed by atoms with Crippen LogP contribution in [0.1, 0.15) is 12.5 Å². The number of imide groups is 1. The van der Waals surface area contributed by atoms with Gasteiger partial charge in [0.15, 0.2) is 11.5 Å². The molecule has 0 aromatic heterocycles. The van der Waals surface area contributed by atoms with Gasteiger partial charge in [0, 0.05) is 10.9 Å². The number of aromatic hydroxyl groups is 1. The maximum Gasteiger partial charge on any atom is 0.293 e. The molecule has 0 radical (unpaired) electrons. The molecule has 2 amide bonds. The first-order valence-electron chi connectivity index (χ1n) is 9.89. The molecule has 6 nitrogen and oxygen atoms in total. The SMILES string of the molecule is CCOc1cccc(/C=C2\SC(=O)N(CCOc3cccc4ccccc34)C2=O)c1O. The van der Waals surface area contributed by atoms with Crippen LogP contribution in [0.15, 0.2) is 65.6 Å². The number of benzene rings is 3. The van der Waals surface area contributed by atoms with Gasteiger partial charge in [-0.3, -0.25) is 14.5 Å². The summed E-state index contributed by atoms with van der Waals surface area (Å²) in [6.45, 7) is 2.54. The van der Waals surface area contributed by atoms with Gasteiger partial charge in [-0.15, -0.1) is 0 Å². The zero-order chi connectivity index (χ0) is 21.8. The number of para-hydroxylation sites is 1. The molecule has 0 bridgehead atoms. The lowest BCUT2D eigenvalue weighted by molar-refractivity contribution is -0.123. The van der Waals surface area contributed by atoms with E-state index < -0.39 is 5.91 Å². The fourth-order valence-electron chi connectivity index (χ4n) is 3.33. The molecule has 3 aromatic carbocycles. The van der Waals surface area contributed by atoms with Crippen molar-refractivity contribution < 1.29 is 24.2 Å². The van der Waals surface area contributed by atoms with Gasteiger partial charge in [-0.2, -0.15) is 0 Å². The number of hydrogen-bond donors (Lipinski definition) is 1. The van der Waals surface area contributed by atoms with Crippen LogP contribution < -0.4 is 9.47 Å². The van der Waals surface area contributed by atoms with E-state index in [0.29, 0.717) is 23.7 Å². The van der Waals surface area contributed by atoms with Gasteiger partial charge >= 0.3 is 0 Å². The molecule has 0 saturated carbocycles. The molecular weight excluding hydrogens is 414 g/mol. The highest BCUT2D eigenvalue weighted by molar-refractivity contribution is 8.18. The molecule has 1 saturated heterocycles. The topological polar surface area (TPSA) is 76.1 Å². The monoisotopic (exact) mass is 435 g/mol. The molecule has 1 aliphatic rings. The first-order valence-corrected chi connectivity index (χ1v) is 10.7. The largest absolute Gasteiger partial charge is 0.504 e. The lowest BCUT2D eigenvalue weighted by Gasteiger charge is -2.14. The number of carbonyl (C=O) groups excluding carboxylic acids is 2. The molecule has 7 heteroatoms. The van der Waals surface area contributed by atoms with E-state index in [1.807, 2.05) is 49.4 Å². The molecule has 0 spiro atoms. The van der Waals surface area contributed by atoms with Crippen LogP contribution in [-0.4, -0.2) is 40.9 Å². The zero-order valence-corrected chi connectivity index (χ0v) is 17.7. The predicted molar refractivity (Wildman–Crippen MR) is 121 cm³/mol. The normalized spacial score (nSPS) is 15.1. The lowest BCUT2D eigenvalue weighted by atomic mass is 10.1. The number of nitrogens with zero attached hydrogens (tertiary/aromatic N) is 1. The fourth-order valence-corrected chi connectivity index (χ4v) is 4.19. The minimum atomic E-state index is -0.405. The number of rotatable bonds is 7. The molecule has 1 aliphatic heterocycles. The van der Waals surface area contributed by atoms with Gasteiger partial charge in [-0.1, -0.05) is 48.5 Å². The third kappa shape index (κ3) is 4.36. The average molecular weight is 436 g/mol. The van der Waals surface area contributed by atoms with E-state index in [0.717, 1.165) is 27.4 Å². The number of fused-ring (bicyclic) bond motifs is 1. The van der Waals surface area contributed by atoms with Gasteiger partial charge in [0.25, 0.3) is 11.1 Å². The summed E-state index contributed by atoms with van der Waals surface area (Å²) in [5.74, 6) is 0.574. The van der Waals surface area contributed by atoms with E-state index in [1.54, 1.807) is 18.2 Å². The van der Waals surface area contributed by atoms with Crippen molar-refractivity contribution in [3.05, 3.63) is 71.1 Å². The van der Waals surface area contributed by atoms with Crippen LogP contribution in [0.4, 0.5) is 4.79 Å². The Labute approximate surface area is 184 Å². The molecule has 158 valence electrons. The summed E-state index contributed by atoms with van der Waals surface area (Å²) in [5.41, 5.74) is 0.420. The molecule has 1 heterocycles. The number of phenols is 1. The molecule has 31 heavy (non-hydrogen) atoms. The zero-order valence-electron chi connectivity index (χ0n) is 16.9. The van der Waals surface area contributed by atoms with E-state index >= 15 is 0 Å². The Morgan fingerprint density at radius 1 is 0.968 bits per heavy atom. The second-order valence-electron chi connectivity index (χ2n) is 6.79. The van der Waals surface area contributed by atoms with E-state index in [9.17, 15) is 14.7 Å². The van der Waals surface area contributed by atoms with Crippen LogP contribution in [0.5, 0.6) is 17.2 Å². The van der Waals surface area contributed by atoms with Gasteiger partial charge < -0.3 is 14.6 Å². The van der Waals surface area contributed by atoms with Crippen molar-refractivity contribution in [3.8, 4) is 17.2 Å². The van der Waals surface area contributed by atoms with Crippen LogP contribution in [-0.2, 0) is 4.79 Å². The highest BCUT2D eigenvalue weighted by Crippen LogP contribution is 2.36. The van der Waals surface area contributed by atoms with Crippen LogP contribution in [0.3, 0.4) is 0 Å². The standard InChI is InChI=1S/C24H21NO5S/c1-2-29-20-12-6-9-17(22(20)26)15-21-23(27)25(24(28)31-21)13-14-30-19-11-5-8-16-7-3-4-10-18(16)19/h3-12,15,26H,2,13-14H2,1H3/b21-15-. The van der Waals surface area contributed by atoms with Crippen molar-refractivity contribution in [3.63, 3.8) is 0 Å². The van der Waals surface area contributed by atoms with Crippen LogP contribution in [0, 0.1) is 0 Å². The van der Waals surface area contributed by atoms with Crippen molar-refractivity contribution in [2.45, 2.75) is 6.92 Å². The van der Waals surface area contributed by atoms with E-state index in [1.165, 1.54) is 6.08 Å². The van der Waals surface area contributed by atoms with Crippen molar-refractivity contribution in [1.82, 2.24) is 4.90 Å². The number of hydrogen-bond acceptors (Lipinski definition) is 6. The highest BCUT2D eigenvalue weighted by atomic mass is 32.2. The van der Waals surface area contributed by atoms with Gasteiger partial charge in [0.2, 0.25) is 0 Å². The summed E-state index contributed by atoms with van der Waals surface area (Å²) in [5, 5.41) is 12.0. The molecule has 0 atom stereocenters. The summed E-state index contributed by atoms with van der Waals surface area (Å²) in [6, 6.07) is 18.7. The molecule has 0 aliphatic carbocycles. The van der Waals surface area contributed by atoms with Crippen molar-refractivity contribution in [2.24, 2.45) is 0 Å². The van der Waals surface area contributed by atoms with Gasteiger partial charge in [0.1, 0.15) is 12.4 Å². The Balaban J connectivity index is 1.45. The minimum absolute atomic E-state index is 0.0598. The minimum Gasteiger partial charge on any atom is -0.504 e. The maximum atomic E-state index is 12.7. The molecule has 4 rings (SSSR count). The third-order valence-electron chi connectivity index (χ3n) is 4.81. The predicted octanol–water partition coefficient (Wildman–Crippen LogP) is 5.06. The second kappa shape index (κ2) is 9.14. The number of ether oxygens (including phenoxy) is 2. The first kappa shape index (κ1) is 20.8. The summed E-state index contributed by atoms with van der Waals surface area (Å²) in [6.07, 6.45) is 1.51. The number of phenolic OH excluding ortho intramolecular Hbond substituents is 1. The summed E-state index contributed by atoms with van der Waals surface area (Å²) in [4.78, 5) is 26.5. The van der Waals surface area contributed by atoms with Gasteiger partial charge in [-0.25, -0.2) is 0 Å². The third-order valence-corrected chi connectivity index (χ3v) is 5.72. The molecule has 1 fully saturated rings. The van der Waals surface area contributed by atoms with Crippen molar-refractivity contribution in [2.75, 3.05) is 19.8 Å². The Morgan fingerprint density at radius 3 is 2.55 bits per heavy atom. The smallest absolute Gasteiger partial charge is 0.293 e. The van der Waals surface area contributed by atoms with Gasteiger partial charge in [0.05, 0.1) is 18.1 Å². The average Bonchev–Trinajstić information content (AvgIpc) is 3.04. The van der Waals surface area contributed by atoms with E-state index in [2.05, 4.69) is 0 Å². The van der Waals surface area contributed by atoms with Crippen molar-refractivity contribution in [1.29, 1.82) is 0 Å². The second-order valence-corrected chi connectivity index (χ2v) is 7.78. The number of carbonyl (C=O) groups is 2. The summed E-state index contributed by atoms with van der Waals surface area (Å²) >= 11 is 0.844. The first-order chi connectivity index (χ1) is 15.1. The Bertz CT molecular complexity index is 1170. The van der Waals surface area contributed by atoms with Crippen LogP contribution >= 0.6 is 11.8 Å². The van der Waals surface area contributed by atoms with Crippen LogP contribution in [0.25, 0.3) is 16.8 Å². The Hall–Kier alpha value is -3.45. The fraction of sp³-hybridized carbons (Fsp3) is 0.167. The molecule has 3 aromatic rings. The molecule has 0 unspecified atom stereocenters. The Kier molecular flexibility index (Phi) is 6.13. The summed E-state index contributed by atoms with van der Waals surface area (Å²) < 4.78 is 11.2. The molecular formula is C24H21NO5S. The highest BCUT2D eigenvalue weighted by Gasteiger charge is 2.35. The van der Waals surface area contributed by atoms with Gasteiger partial charge in [-0.05, 0) is 42.3 Å². The summed E-state index contributed by atoms with van der Waals surface area (Å²) in [7, 11) is 0. The van der Waals surface area contributed by atoms with Crippen molar-refractivity contribution >= 4 is 39.8 Å². The van der Waals surface area contributed by atoms with Crippen LogP contribution in [0.2, 0.25) is 0 Å². The maximum absolute atomic E-state index is 12.7. The van der Waals surface area contributed by atoms with E-state index in [-0.39, 0.29) is 29.0 Å². The quantitative estimate of drug-likeness (QED) is 0.523. The number of thioether (sulfide) groups is 1. The molecule has 1 N–H and O–H groups in total. The lowest BCUT2D eigenvalue weighted by Crippen LogP contribution is -2.32.